The van der Waals surface area contributed by atoms with Gasteiger partial charge in [-0.25, -0.2) is 0 Å². The van der Waals surface area contributed by atoms with Crippen LogP contribution in [0.1, 0.15) is 5.56 Å². The fourth-order valence-electron chi connectivity index (χ4n) is 1.87. The van der Waals surface area contributed by atoms with Crippen molar-refractivity contribution in [2.75, 3.05) is 22.9 Å². The number of aliphatic hydroxyl groups is 1. The Hall–Kier alpha value is -2.40. The predicted octanol–water partition coefficient (Wildman–Crippen LogP) is 1.17. The Bertz CT molecular complexity index is 596. The first kappa shape index (κ1) is 12.1. The van der Waals surface area contributed by atoms with Crippen LogP contribution in [-0.2, 0) is 6.61 Å². The van der Waals surface area contributed by atoms with Gasteiger partial charge in [0.2, 0.25) is 0 Å². The van der Waals surface area contributed by atoms with E-state index >= 15 is 0 Å². The smallest absolute Gasteiger partial charge is 0.0708 e. The summed E-state index contributed by atoms with van der Waals surface area (Å²) in [5.74, 6) is 0. The van der Waals surface area contributed by atoms with Crippen LogP contribution < -0.4 is 22.9 Å². The molecule has 0 heterocycles. The first-order valence-corrected chi connectivity index (χ1v) is 5.47. The molecular formula is C13H16N4O. The molecule has 0 aromatic heterocycles. The molecule has 0 atom stereocenters. The normalized spacial score (nSPS) is 10.5. The molecule has 0 spiro atoms. The first-order valence-electron chi connectivity index (χ1n) is 5.47. The van der Waals surface area contributed by atoms with Gasteiger partial charge >= 0.3 is 0 Å². The Morgan fingerprint density at radius 3 is 2.11 bits per heavy atom. The molecule has 2 aromatic carbocycles. The van der Waals surface area contributed by atoms with Crippen molar-refractivity contribution in [1.82, 2.24) is 0 Å². The molecule has 0 unspecified atom stereocenters. The second kappa shape index (κ2) is 4.46. The van der Waals surface area contributed by atoms with Crippen LogP contribution in [0.5, 0.6) is 0 Å². The summed E-state index contributed by atoms with van der Waals surface area (Å²) in [4.78, 5) is 0. The summed E-state index contributed by atoms with van der Waals surface area (Å²) in [7, 11) is 0. The number of rotatable bonds is 2. The molecule has 5 heteroatoms. The van der Waals surface area contributed by atoms with Crippen LogP contribution in [0.3, 0.4) is 0 Å². The molecule has 18 heavy (non-hydrogen) atoms. The number of hydrogen-bond acceptors (Lipinski definition) is 5. The van der Waals surface area contributed by atoms with E-state index in [1.54, 1.807) is 18.2 Å². The van der Waals surface area contributed by atoms with Gasteiger partial charge in [-0.1, -0.05) is 12.1 Å². The van der Waals surface area contributed by atoms with Gasteiger partial charge in [0.1, 0.15) is 0 Å². The largest absolute Gasteiger partial charge is 0.397 e. The molecule has 0 saturated heterocycles. The van der Waals surface area contributed by atoms with E-state index in [0.717, 1.165) is 11.1 Å². The zero-order valence-electron chi connectivity index (χ0n) is 9.85. The zero-order valence-corrected chi connectivity index (χ0v) is 9.85. The highest BCUT2D eigenvalue weighted by Crippen LogP contribution is 2.33. The molecule has 0 aliphatic rings. The van der Waals surface area contributed by atoms with Gasteiger partial charge in [-0.05, 0) is 29.3 Å². The van der Waals surface area contributed by atoms with Gasteiger partial charge in [0.05, 0.1) is 29.4 Å². The molecule has 9 N–H and O–H groups in total. The van der Waals surface area contributed by atoms with Crippen molar-refractivity contribution in [3.8, 4) is 11.1 Å². The van der Waals surface area contributed by atoms with Crippen LogP contribution >= 0.6 is 0 Å². The second-order valence-corrected chi connectivity index (χ2v) is 4.10. The lowest BCUT2D eigenvalue weighted by Gasteiger charge is -2.13. The number of hydrogen-bond donors (Lipinski definition) is 5. The van der Waals surface area contributed by atoms with Gasteiger partial charge in [-0.3, -0.25) is 0 Å². The molecular weight excluding hydrogens is 228 g/mol. The standard InChI is InChI=1S/C13H16N4O/c14-10-3-1-7(5-12(10)16)8-2-4-11(15)13(17)9(8)6-18/h1-5,18H,6,14-17H2. The van der Waals surface area contributed by atoms with Crippen molar-refractivity contribution in [3.05, 3.63) is 35.9 Å². The molecule has 0 bridgehead atoms. The summed E-state index contributed by atoms with van der Waals surface area (Å²) in [6.45, 7) is -0.184. The summed E-state index contributed by atoms with van der Waals surface area (Å²) in [5.41, 5.74) is 27.1. The van der Waals surface area contributed by atoms with Gasteiger partial charge in [-0.2, -0.15) is 0 Å². The maximum absolute atomic E-state index is 9.42. The molecule has 0 aliphatic carbocycles. The number of aliphatic hydroxyl groups excluding tert-OH is 1. The third-order valence-electron chi connectivity index (χ3n) is 2.95. The number of benzene rings is 2. The van der Waals surface area contributed by atoms with Crippen molar-refractivity contribution in [2.24, 2.45) is 0 Å². The maximum atomic E-state index is 9.42. The first-order chi connectivity index (χ1) is 8.54. The molecule has 0 aliphatic heterocycles. The van der Waals surface area contributed by atoms with Gasteiger partial charge in [0.25, 0.3) is 0 Å². The molecule has 2 rings (SSSR count). The number of nitrogens with two attached hydrogens (primary N) is 4. The Morgan fingerprint density at radius 1 is 0.833 bits per heavy atom. The van der Waals surface area contributed by atoms with Crippen LogP contribution in [0, 0.1) is 0 Å². The molecule has 0 amide bonds. The highest BCUT2D eigenvalue weighted by Gasteiger charge is 2.11. The van der Waals surface area contributed by atoms with Crippen molar-refractivity contribution in [2.45, 2.75) is 6.61 Å². The van der Waals surface area contributed by atoms with E-state index in [-0.39, 0.29) is 6.61 Å². The van der Waals surface area contributed by atoms with Crippen molar-refractivity contribution >= 4 is 22.7 Å². The number of anilines is 4. The minimum atomic E-state index is -0.184. The van der Waals surface area contributed by atoms with Gasteiger partial charge in [-0.15, -0.1) is 0 Å². The third-order valence-corrected chi connectivity index (χ3v) is 2.95. The highest BCUT2D eigenvalue weighted by molar-refractivity contribution is 5.82. The monoisotopic (exact) mass is 244 g/mol. The van der Waals surface area contributed by atoms with E-state index in [0.29, 0.717) is 28.3 Å². The SMILES string of the molecule is Nc1ccc(-c2ccc(N)c(N)c2CO)cc1N. The average molecular weight is 244 g/mol. The average Bonchev–Trinajstić information content (AvgIpc) is 2.36. The van der Waals surface area contributed by atoms with Crippen LogP contribution in [-0.4, -0.2) is 5.11 Å². The minimum absolute atomic E-state index is 0.184. The quantitative estimate of drug-likeness (QED) is 0.507. The summed E-state index contributed by atoms with van der Waals surface area (Å²) in [6.07, 6.45) is 0. The lowest BCUT2D eigenvalue weighted by Crippen LogP contribution is -2.02. The molecule has 0 radical (unpaired) electrons. The highest BCUT2D eigenvalue weighted by atomic mass is 16.3. The summed E-state index contributed by atoms with van der Waals surface area (Å²) in [5, 5.41) is 9.42. The molecule has 2 aromatic rings. The van der Waals surface area contributed by atoms with Gasteiger partial charge in [0.15, 0.2) is 0 Å². The fraction of sp³-hybridized carbons (Fsp3) is 0.0769. The Labute approximate surface area is 105 Å². The van der Waals surface area contributed by atoms with Crippen LogP contribution in [0.15, 0.2) is 30.3 Å². The Morgan fingerprint density at radius 2 is 1.50 bits per heavy atom. The fourth-order valence-corrected chi connectivity index (χ4v) is 1.87. The molecule has 94 valence electrons. The lowest BCUT2D eigenvalue weighted by molar-refractivity contribution is 0.283. The number of nitrogen functional groups attached to an aromatic ring is 4. The molecule has 0 saturated carbocycles. The second-order valence-electron chi connectivity index (χ2n) is 4.10. The van der Waals surface area contributed by atoms with E-state index in [4.69, 9.17) is 22.9 Å². The third kappa shape index (κ3) is 1.91. The summed E-state index contributed by atoms with van der Waals surface area (Å²) in [6, 6.07) is 8.81. The van der Waals surface area contributed by atoms with Gasteiger partial charge in [0, 0.05) is 5.56 Å². The van der Waals surface area contributed by atoms with Gasteiger partial charge < -0.3 is 28.0 Å². The van der Waals surface area contributed by atoms with E-state index in [2.05, 4.69) is 0 Å². The van der Waals surface area contributed by atoms with Crippen molar-refractivity contribution < 1.29 is 5.11 Å². The van der Waals surface area contributed by atoms with E-state index in [1.807, 2.05) is 12.1 Å². The van der Waals surface area contributed by atoms with E-state index in [1.165, 1.54) is 0 Å². The minimum Gasteiger partial charge on any atom is -0.397 e. The predicted molar refractivity (Wildman–Crippen MR) is 75.5 cm³/mol. The summed E-state index contributed by atoms with van der Waals surface area (Å²) < 4.78 is 0. The molecule has 0 fully saturated rings. The maximum Gasteiger partial charge on any atom is 0.0708 e. The Kier molecular flexibility index (Phi) is 2.99. The van der Waals surface area contributed by atoms with Crippen molar-refractivity contribution in [3.63, 3.8) is 0 Å². The van der Waals surface area contributed by atoms with E-state index < -0.39 is 0 Å². The summed E-state index contributed by atoms with van der Waals surface area (Å²) >= 11 is 0. The Balaban J connectivity index is 2.63. The van der Waals surface area contributed by atoms with Crippen LogP contribution in [0.4, 0.5) is 22.7 Å². The van der Waals surface area contributed by atoms with E-state index in [9.17, 15) is 5.11 Å². The molecule has 5 nitrogen and oxygen atoms in total. The van der Waals surface area contributed by atoms with Crippen LogP contribution in [0.2, 0.25) is 0 Å². The van der Waals surface area contributed by atoms with Crippen molar-refractivity contribution in [1.29, 1.82) is 0 Å². The lowest BCUT2D eigenvalue weighted by atomic mass is 9.97. The zero-order chi connectivity index (χ0) is 13.3. The van der Waals surface area contributed by atoms with Crippen LogP contribution in [0.25, 0.3) is 11.1 Å². The topological polar surface area (TPSA) is 124 Å².